The molecule has 0 radical (unpaired) electrons. The van der Waals surface area contributed by atoms with Crippen LogP contribution in [0.25, 0.3) is 16.6 Å². The molecule has 11 heteroatoms. The van der Waals surface area contributed by atoms with Crippen LogP contribution in [0.3, 0.4) is 0 Å². The number of hydrogen-bond donors (Lipinski definition) is 2. The van der Waals surface area contributed by atoms with Crippen LogP contribution in [0.2, 0.25) is 0 Å². The van der Waals surface area contributed by atoms with Gasteiger partial charge in [-0.2, -0.15) is 0 Å². The molecule has 0 bridgehead atoms. The van der Waals surface area contributed by atoms with Gasteiger partial charge in [-0.25, -0.2) is 4.98 Å². The van der Waals surface area contributed by atoms with Gasteiger partial charge in [0.2, 0.25) is 0 Å². The van der Waals surface area contributed by atoms with Crippen molar-refractivity contribution in [1.82, 2.24) is 10.3 Å². The zero-order valence-corrected chi connectivity index (χ0v) is 17.7. The number of benzene rings is 1. The van der Waals surface area contributed by atoms with E-state index in [0.717, 1.165) is 19.3 Å². The molecule has 0 unspecified atom stereocenters. The molecular weight excluding hydrogens is 451 g/mol. The SMILES string of the molecule is O=C1NC(=NCC2(CO)CCC2)S/C1=C\c1csc(-c2ccc(OC(F)(F)F)cc2)n1. The lowest BCUT2D eigenvalue weighted by Crippen LogP contribution is -2.37. The van der Waals surface area contributed by atoms with Gasteiger partial charge in [-0.3, -0.25) is 9.79 Å². The minimum atomic E-state index is -4.74. The van der Waals surface area contributed by atoms with Gasteiger partial charge in [0.25, 0.3) is 5.91 Å². The largest absolute Gasteiger partial charge is 0.573 e. The van der Waals surface area contributed by atoms with Crippen molar-refractivity contribution in [3.63, 3.8) is 0 Å². The summed E-state index contributed by atoms with van der Waals surface area (Å²) in [7, 11) is 0. The summed E-state index contributed by atoms with van der Waals surface area (Å²) in [6, 6.07) is 5.45. The fraction of sp³-hybridized carbons (Fsp3) is 0.350. The topological polar surface area (TPSA) is 83.8 Å². The van der Waals surface area contributed by atoms with Gasteiger partial charge in [0.1, 0.15) is 10.8 Å². The Labute approximate surface area is 184 Å². The summed E-state index contributed by atoms with van der Waals surface area (Å²) in [5, 5.41) is 15.1. The number of thiazole rings is 1. The monoisotopic (exact) mass is 469 g/mol. The molecule has 2 aliphatic rings. The Balaban J connectivity index is 1.42. The van der Waals surface area contributed by atoms with Crippen molar-refractivity contribution >= 4 is 40.2 Å². The standard InChI is InChI=1S/C20H18F3N3O3S2/c21-20(22,23)29-14-4-2-12(3-5-14)17-25-13(9-30-17)8-15-16(28)26-18(31-15)24-10-19(11-27)6-1-7-19/h2-5,8-9,27H,1,6-7,10-11H2,(H,24,26,28)/b15-8-. The first kappa shape index (κ1) is 21.8. The molecule has 1 aromatic carbocycles. The van der Waals surface area contributed by atoms with E-state index in [1.165, 1.54) is 47.4 Å². The van der Waals surface area contributed by atoms with Gasteiger partial charge in [0, 0.05) is 22.9 Å². The molecule has 2 N–H and O–H groups in total. The lowest BCUT2D eigenvalue weighted by Gasteiger charge is -2.38. The Morgan fingerprint density at radius 3 is 2.65 bits per heavy atom. The van der Waals surface area contributed by atoms with Crippen molar-refractivity contribution < 1.29 is 27.8 Å². The summed E-state index contributed by atoms with van der Waals surface area (Å²) in [5.41, 5.74) is 1.06. The quantitative estimate of drug-likeness (QED) is 0.612. The molecule has 164 valence electrons. The summed E-state index contributed by atoms with van der Waals surface area (Å²) in [6.07, 6.45) is -0.131. The molecule has 0 spiro atoms. The zero-order chi connectivity index (χ0) is 22.1. The lowest BCUT2D eigenvalue weighted by atomic mass is 9.69. The third kappa shape index (κ3) is 5.28. The second kappa shape index (κ2) is 8.64. The Hall–Kier alpha value is -2.37. The number of carbonyl (C=O) groups is 1. The molecule has 6 nitrogen and oxygen atoms in total. The number of thioether (sulfide) groups is 1. The fourth-order valence-electron chi connectivity index (χ4n) is 3.20. The molecule has 1 saturated carbocycles. The van der Waals surface area contributed by atoms with Crippen molar-refractivity contribution in [3.05, 3.63) is 40.2 Å². The highest BCUT2D eigenvalue weighted by atomic mass is 32.2. The lowest BCUT2D eigenvalue weighted by molar-refractivity contribution is -0.274. The highest BCUT2D eigenvalue weighted by Crippen LogP contribution is 2.41. The number of halogens is 3. The van der Waals surface area contributed by atoms with E-state index in [1.807, 2.05) is 0 Å². The second-order valence-corrected chi connectivity index (χ2v) is 9.24. The average molecular weight is 470 g/mol. The van der Waals surface area contributed by atoms with Crippen LogP contribution in [0.5, 0.6) is 5.75 Å². The minimum absolute atomic E-state index is 0.0933. The van der Waals surface area contributed by atoms with Crippen LogP contribution in [-0.2, 0) is 4.79 Å². The number of carbonyl (C=O) groups excluding carboxylic acids is 1. The summed E-state index contributed by atoms with van der Waals surface area (Å²) < 4.78 is 40.7. The van der Waals surface area contributed by atoms with Crippen molar-refractivity contribution in [3.8, 4) is 16.3 Å². The number of aliphatic hydroxyl groups excluding tert-OH is 1. The van der Waals surface area contributed by atoms with E-state index in [2.05, 4.69) is 20.0 Å². The average Bonchev–Trinajstić information content (AvgIpc) is 3.28. The number of hydrogen-bond acceptors (Lipinski definition) is 7. The fourth-order valence-corrected chi connectivity index (χ4v) is 4.79. The molecule has 2 fully saturated rings. The Kier molecular flexibility index (Phi) is 6.09. The predicted octanol–water partition coefficient (Wildman–Crippen LogP) is 4.43. The van der Waals surface area contributed by atoms with E-state index in [0.29, 0.717) is 32.9 Å². The van der Waals surface area contributed by atoms with Crippen LogP contribution in [0.4, 0.5) is 13.2 Å². The van der Waals surface area contributed by atoms with E-state index in [9.17, 15) is 23.1 Å². The maximum Gasteiger partial charge on any atom is 0.573 e. The van der Waals surface area contributed by atoms with E-state index in [4.69, 9.17) is 0 Å². The number of nitrogens with zero attached hydrogens (tertiary/aromatic N) is 2. The number of alkyl halides is 3. The Morgan fingerprint density at radius 1 is 1.29 bits per heavy atom. The van der Waals surface area contributed by atoms with E-state index in [-0.39, 0.29) is 23.7 Å². The van der Waals surface area contributed by atoms with Crippen molar-refractivity contribution in [2.45, 2.75) is 25.6 Å². The molecule has 0 atom stereocenters. The molecule has 1 aliphatic carbocycles. The van der Waals surface area contributed by atoms with Crippen LogP contribution in [0.1, 0.15) is 25.0 Å². The van der Waals surface area contributed by atoms with Gasteiger partial charge < -0.3 is 15.2 Å². The maximum absolute atomic E-state index is 12.3. The number of nitrogens with one attached hydrogen (secondary N) is 1. The molecule has 4 rings (SSSR count). The number of rotatable bonds is 6. The van der Waals surface area contributed by atoms with Crippen molar-refractivity contribution in [1.29, 1.82) is 0 Å². The molecule has 1 amide bonds. The Morgan fingerprint density at radius 2 is 2.03 bits per heavy atom. The molecular formula is C20H18F3N3O3S2. The number of amides is 1. The maximum atomic E-state index is 12.3. The van der Waals surface area contributed by atoms with Gasteiger partial charge in [0.05, 0.1) is 17.2 Å². The smallest absolute Gasteiger partial charge is 0.406 e. The molecule has 2 aromatic rings. The first-order chi connectivity index (χ1) is 14.8. The van der Waals surface area contributed by atoms with E-state index >= 15 is 0 Å². The van der Waals surface area contributed by atoms with Gasteiger partial charge in [-0.15, -0.1) is 24.5 Å². The highest BCUT2D eigenvalue weighted by Gasteiger charge is 2.36. The number of aliphatic hydroxyl groups is 1. The molecule has 1 saturated heterocycles. The van der Waals surface area contributed by atoms with Crippen LogP contribution in [-0.4, -0.2) is 40.7 Å². The van der Waals surface area contributed by atoms with Gasteiger partial charge in [-0.05, 0) is 54.9 Å². The summed E-state index contributed by atoms with van der Waals surface area (Å²) in [5.74, 6) is -0.565. The molecule has 31 heavy (non-hydrogen) atoms. The number of amidine groups is 1. The van der Waals surface area contributed by atoms with E-state index in [1.54, 1.807) is 11.5 Å². The number of aromatic nitrogens is 1. The first-order valence-electron chi connectivity index (χ1n) is 9.43. The number of ether oxygens (including phenoxy) is 1. The van der Waals surface area contributed by atoms with E-state index < -0.39 is 6.36 Å². The normalized spacial score (nSPS) is 20.7. The van der Waals surface area contributed by atoms with Gasteiger partial charge in [-0.1, -0.05) is 6.42 Å². The van der Waals surface area contributed by atoms with Crippen molar-refractivity contribution in [2.75, 3.05) is 13.2 Å². The third-order valence-electron chi connectivity index (χ3n) is 5.09. The third-order valence-corrected chi connectivity index (χ3v) is 6.95. The zero-order valence-electron chi connectivity index (χ0n) is 16.1. The summed E-state index contributed by atoms with van der Waals surface area (Å²) in [4.78, 5) is 21.6. The highest BCUT2D eigenvalue weighted by molar-refractivity contribution is 8.18. The van der Waals surface area contributed by atoms with Gasteiger partial charge >= 0.3 is 6.36 Å². The van der Waals surface area contributed by atoms with Crippen LogP contribution < -0.4 is 10.1 Å². The summed E-state index contributed by atoms with van der Waals surface area (Å²) >= 11 is 2.54. The van der Waals surface area contributed by atoms with Crippen LogP contribution >= 0.6 is 23.1 Å². The molecule has 2 heterocycles. The van der Waals surface area contributed by atoms with Crippen LogP contribution in [0, 0.1) is 5.41 Å². The molecule has 1 aliphatic heterocycles. The van der Waals surface area contributed by atoms with Crippen LogP contribution in [0.15, 0.2) is 39.5 Å². The first-order valence-corrected chi connectivity index (χ1v) is 11.1. The second-order valence-electron chi connectivity index (χ2n) is 7.35. The number of aliphatic imine (C=N–C) groups is 1. The molecule has 1 aromatic heterocycles. The minimum Gasteiger partial charge on any atom is -0.406 e. The Bertz CT molecular complexity index is 1020. The summed E-state index contributed by atoms with van der Waals surface area (Å²) in [6.45, 7) is 0.574. The predicted molar refractivity (Wildman–Crippen MR) is 114 cm³/mol. The van der Waals surface area contributed by atoms with Gasteiger partial charge in [0.15, 0.2) is 5.17 Å². The van der Waals surface area contributed by atoms with Crippen molar-refractivity contribution in [2.24, 2.45) is 10.4 Å².